The summed E-state index contributed by atoms with van der Waals surface area (Å²) in [7, 11) is 0. The minimum Gasteiger partial charge on any atom is -0.321 e. The van der Waals surface area contributed by atoms with Gasteiger partial charge in [0.2, 0.25) is 0 Å². The maximum atomic E-state index is 12.4. The van der Waals surface area contributed by atoms with E-state index in [1.54, 1.807) is 11.3 Å². The van der Waals surface area contributed by atoms with Gasteiger partial charge >= 0.3 is 0 Å². The van der Waals surface area contributed by atoms with E-state index in [2.05, 4.69) is 11.4 Å². The Morgan fingerprint density at radius 3 is 2.90 bits per heavy atom. The average molecular weight is 320 g/mol. The molecule has 2 aromatic rings. The number of hydrogen-bond donors (Lipinski definition) is 1. The molecular weight excluding hydrogens is 302 g/mol. The second kappa shape index (κ2) is 6.63. The van der Waals surface area contributed by atoms with Crippen molar-refractivity contribution < 1.29 is 4.79 Å². The first-order valence-corrected chi connectivity index (χ1v) is 8.69. The normalized spacial score (nSPS) is 14.3. The minimum atomic E-state index is -0.0141. The van der Waals surface area contributed by atoms with E-state index in [1.807, 2.05) is 24.3 Å². The molecule has 0 saturated carbocycles. The molecule has 1 heterocycles. The van der Waals surface area contributed by atoms with Crippen LogP contribution in [-0.2, 0) is 18.7 Å². The van der Waals surface area contributed by atoms with Crippen LogP contribution in [0, 0.1) is 0 Å². The maximum absolute atomic E-state index is 12.4. The Morgan fingerprint density at radius 1 is 1.19 bits per heavy atom. The Kier molecular flexibility index (Phi) is 4.61. The Labute approximate surface area is 134 Å². The Balaban J connectivity index is 1.76. The summed E-state index contributed by atoms with van der Waals surface area (Å²) in [5, 5.41) is 2.97. The van der Waals surface area contributed by atoms with E-state index in [-0.39, 0.29) is 5.91 Å². The monoisotopic (exact) mass is 319 g/mol. The molecule has 2 nitrogen and oxygen atoms in total. The van der Waals surface area contributed by atoms with E-state index in [0.29, 0.717) is 5.88 Å². The summed E-state index contributed by atoms with van der Waals surface area (Å²) in [6.07, 6.45) is 6.01. The van der Waals surface area contributed by atoms with Crippen molar-refractivity contribution in [1.29, 1.82) is 0 Å². The van der Waals surface area contributed by atoms with Crippen LogP contribution in [0.1, 0.15) is 44.9 Å². The molecule has 1 amide bonds. The van der Waals surface area contributed by atoms with Crippen molar-refractivity contribution in [2.75, 3.05) is 5.32 Å². The van der Waals surface area contributed by atoms with Gasteiger partial charge < -0.3 is 5.32 Å². The number of nitrogens with one attached hydrogen (secondary N) is 1. The molecule has 3 rings (SSSR count). The molecule has 0 aliphatic heterocycles. The van der Waals surface area contributed by atoms with Crippen molar-refractivity contribution in [1.82, 2.24) is 0 Å². The number of halogens is 1. The van der Waals surface area contributed by atoms with Gasteiger partial charge in [0, 0.05) is 16.4 Å². The number of rotatable bonds is 3. The van der Waals surface area contributed by atoms with Gasteiger partial charge in [-0.25, -0.2) is 0 Å². The van der Waals surface area contributed by atoms with Gasteiger partial charge in [-0.15, -0.1) is 22.9 Å². The number of thiophene rings is 1. The fourth-order valence-corrected chi connectivity index (χ4v) is 4.02. The fourth-order valence-electron chi connectivity index (χ4n) is 2.70. The van der Waals surface area contributed by atoms with Gasteiger partial charge in [-0.1, -0.05) is 18.6 Å². The summed E-state index contributed by atoms with van der Waals surface area (Å²) < 4.78 is 0. The smallest absolute Gasteiger partial charge is 0.265 e. The lowest BCUT2D eigenvalue weighted by Gasteiger charge is -2.05. The molecule has 0 fully saturated rings. The standard InChI is InChI=1S/C17H18ClNOS/c18-11-12-5-4-7-14(9-12)19-17(20)16-10-13-6-2-1-3-8-15(13)21-16/h4-5,7,9-10H,1-3,6,8,11H2,(H,19,20). The number of carbonyl (C=O) groups excluding carboxylic acids is 1. The van der Waals surface area contributed by atoms with Crippen molar-refractivity contribution >= 4 is 34.5 Å². The van der Waals surface area contributed by atoms with Gasteiger partial charge in [0.15, 0.2) is 0 Å². The molecule has 1 aromatic carbocycles. The van der Waals surface area contributed by atoms with Gasteiger partial charge in [-0.2, -0.15) is 0 Å². The van der Waals surface area contributed by atoms with Crippen LogP contribution in [0.4, 0.5) is 5.69 Å². The number of anilines is 1. The molecule has 1 N–H and O–H groups in total. The molecule has 0 unspecified atom stereocenters. The molecule has 0 saturated heterocycles. The Bertz CT molecular complexity index is 626. The number of hydrogen-bond acceptors (Lipinski definition) is 2. The lowest BCUT2D eigenvalue weighted by molar-refractivity contribution is 0.103. The number of carbonyl (C=O) groups is 1. The predicted molar refractivity (Wildman–Crippen MR) is 89.5 cm³/mol. The van der Waals surface area contributed by atoms with Crippen LogP contribution in [0.5, 0.6) is 0 Å². The second-order valence-electron chi connectivity index (χ2n) is 5.41. The van der Waals surface area contributed by atoms with E-state index >= 15 is 0 Å². The van der Waals surface area contributed by atoms with E-state index < -0.39 is 0 Å². The summed E-state index contributed by atoms with van der Waals surface area (Å²) in [4.78, 5) is 14.6. The molecule has 4 heteroatoms. The number of fused-ring (bicyclic) bond motifs is 1. The van der Waals surface area contributed by atoms with Crippen LogP contribution in [0.2, 0.25) is 0 Å². The highest BCUT2D eigenvalue weighted by Gasteiger charge is 2.16. The third-order valence-corrected chi connectivity index (χ3v) is 5.35. The number of aryl methyl sites for hydroxylation is 2. The van der Waals surface area contributed by atoms with E-state index in [0.717, 1.165) is 29.0 Å². The molecule has 1 aromatic heterocycles. The van der Waals surface area contributed by atoms with E-state index in [4.69, 9.17) is 11.6 Å². The zero-order chi connectivity index (χ0) is 14.7. The van der Waals surface area contributed by atoms with Crippen molar-refractivity contribution in [3.8, 4) is 0 Å². The van der Waals surface area contributed by atoms with E-state index in [9.17, 15) is 4.79 Å². The topological polar surface area (TPSA) is 29.1 Å². The van der Waals surface area contributed by atoms with Crippen molar-refractivity contribution in [3.05, 3.63) is 51.2 Å². The highest BCUT2D eigenvalue weighted by atomic mass is 35.5. The molecule has 1 aliphatic rings. The lowest BCUT2D eigenvalue weighted by Crippen LogP contribution is -2.10. The van der Waals surface area contributed by atoms with Crippen LogP contribution in [0.25, 0.3) is 0 Å². The van der Waals surface area contributed by atoms with Crippen LogP contribution in [0.15, 0.2) is 30.3 Å². The average Bonchev–Trinajstić information content (AvgIpc) is 2.79. The van der Waals surface area contributed by atoms with Crippen LogP contribution in [0.3, 0.4) is 0 Å². The maximum Gasteiger partial charge on any atom is 0.265 e. The van der Waals surface area contributed by atoms with E-state index in [1.165, 1.54) is 29.7 Å². The number of alkyl halides is 1. The molecule has 0 spiro atoms. The quantitative estimate of drug-likeness (QED) is 0.625. The highest BCUT2D eigenvalue weighted by molar-refractivity contribution is 7.14. The molecular formula is C17H18ClNOS. The zero-order valence-electron chi connectivity index (χ0n) is 11.8. The minimum absolute atomic E-state index is 0.0141. The van der Waals surface area contributed by atoms with Crippen LogP contribution < -0.4 is 5.32 Å². The summed E-state index contributed by atoms with van der Waals surface area (Å²) in [6.45, 7) is 0. The summed E-state index contributed by atoms with van der Waals surface area (Å²) >= 11 is 7.47. The van der Waals surface area contributed by atoms with Gasteiger partial charge in [-0.05, 0) is 55.0 Å². The first kappa shape index (κ1) is 14.6. The third-order valence-electron chi connectivity index (χ3n) is 3.81. The molecule has 0 bridgehead atoms. The zero-order valence-corrected chi connectivity index (χ0v) is 13.4. The lowest BCUT2D eigenvalue weighted by atomic mass is 10.1. The van der Waals surface area contributed by atoms with Crippen molar-refractivity contribution in [2.24, 2.45) is 0 Å². The van der Waals surface area contributed by atoms with Crippen LogP contribution in [-0.4, -0.2) is 5.91 Å². The largest absolute Gasteiger partial charge is 0.321 e. The van der Waals surface area contributed by atoms with Gasteiger partial charge in [0.25, 0.3) is 5.91 Å². The summed E-state index contributed by atoms with van der Waals surface area (Å²) in [5.74, 6) is 0.441. The molecule has 0 atom stereocenters. The first-order chi connectivity index (χ1) is 10.3. The van der Waals surface area contributed by atoms with Gasteiger partial charge in [0.05, 0.1) is 4.88 Å². The number of amides is 1. The molecule has 1 aliphatic carbocycles. The van der Waals surface area contributed by atoms with Crippen LogP contribution >= 0.6 is 22.9 Å². The highest BCUT2D eigenvalue weighted by Crippen LogP contribution is 2.29. The molecule has 0 radical (unpaired) electrons. The first-order valence-electron chi connectivity index (χ1n) is 7.34. The molecule has 110 valence electrons. The third kappa shape index (κ3) is 3.47. The Hall–Kier alpha value is -1.32. The summed E-state index contributed by atoms with van der Waals surface area (Å²) in [6, 6.07) is 9.76. The second-order valence-corrected chi connectivity index (χ2v) is 6.81. The number of benzene rings is 1. The van der Waals surface area contributed by atoms with Gasteiger partial charge in [0.1, 0.15) is 0 Å². The van der Waals surface area contributed by atoms with Crippen molar-refractivity contribution in [3.63, 3.8) is 0 Å². The molecule has 21 heavy (non-hydrogen) atoms. The summed E-state index contributed by atoms with van der Waals surface area (Å²) in [5.41, 5.74) is 3.19. The van der Waals surface area contributed by atoms with Crippen molar-refractivity contribution in [2.45, 2.75) is 38.0 Å². The fraction of sp³-hybridized carbons (Fsp3) is 0.353. The predicted octanol–water partition coefficient (Wildman–Crippen LogP) is 5.01. The Morgan fingerprint density at radius 2 is 2.05 bits per heavy atom. The SMILES string of the molecule is O=C(Nc1cccc(CCl)c1)c1cc2c(s1)CCCCC2. The van der Waals surface area contributed by atoms with Gasteiger partial charge in [-0.3, -0.25) is 4.79 Å².